The number of nitrogens with one attached hydrogen (secondary N) is 2. The van der Waals surface area contributed by atoms with Crippen molar-refractivity contribution in [1.82, 2.24) is 25.2 Å². The van der Waals surface area contributed by atoms with Crippen molar-refractivity contribution < 1.29 is 9.53 Å². The molecule has 0 radical (unpaired) electrons. The predicted octanol–water partition coefficient (Wildman–Crippen LogP) is 1.04. The third-order valence-electron chi connectivity index (χ3n) is 5.01. The average molecular weight is 412 g/mol. The zero-order valence-corrected chi connectivity index (χ0v) is 17.8. The summed E-state index contributed by atoms with van der Waals surface area (Å²) in [5.74, 6) is 0.387. The molecule has 2 N–H and O–H groups in total. The van der Waals surface area contributed by atoms with Crippen LogP contribution in [0.25, 0.3) is 11.3 Å². The van der Waals surface area contributed by atoms with Crippen LogP contribution in [0.3, 0.4) is 0 Å². The lowest BCUT2D eigenvalue weighted by molar-refractivity contribution is -0.130. The molecular formula is C21H28N6O3. The first-order chi connectivity index (χ1) is 14.4. The number of anilines is 1. The highest BCUT2D eigenvalue weighted by Crippen LogP contribution is 2.23. The number of carbonyl (C=O) groups is 1. The summed E-state index contributed by atoms with van der Waals surface area (Å²) in [7, 11) is 3.39. The Kier molecular flexibility index (Phi) is 6.83. The molecule has 3 rings (SSSR count). The summed E-state index contributed by atoms with van der Waals surface area (Å²) in [5.41, 5.74) is 1.66. The van der Waals surface area contributed by atoms with Crippen molar-refractivity contribution in [3.63, 3.8) is 0 Å². The summed E-state index contributed by atoms with van der Waals surface area (Å²) >= 11 is 0. The van der Waals surface area contributed by atoms with E-state index in [2.05, 4.69) is 34.1 Å². The monoisotopic (exact) mass is 412 g/mol. The molecule has 0 unspecified atom stereocenters. The SMILES string of the molecule is COc1cncc(-c2c[nH]c(=O)c(N(C)C3CN(C(=O)C=CCNC(C)C)C3)c2)n1. The van der Waals surface area contributed by atoms with Gasteiger partial charge in [0.15, 0.2) is 0 Å². The summed E-state index contributed by atoms with van der Waals surface area (Å²) in [6.07, 6.45) is 8.18. The van der Waals surface area contributed by atoms with Crippen molar-refractivity contribution in [3.05, 3.63) is 47.2 Å². The van der Waals surface area contributed by atoms with Crippen molar-refractivity contribution in [2.45, 2.75) is 25.9 Å². The first kappa shape index (κ1) is 21.5. The normalized spacial score (nSPS) is 14.2. The fraction of sp³-hybridized carbons (Fsp3) is 0.429. The van der Waals surface area contributed by atoms with Crippen molar-refractivity contribution in [3.8, 4) is 17.1 Å². The minimum absolute atomic E-state index is 0.0143. The molecule has 0 aromatic carbocycles. The lowest BCUT2D eigenvalue weighted by atomic mass is 10.1. The molecule has 160 valence electrons. The maximum absolute atomic E-state index is 12.4. The fourth-order valence-corrected chi connectivity index (χ4v) is 3.11. The molecule has 1 saturated heterocycles. The number of methoxy groups -OCH3 is 1. The Morgan fingerprint density at radius 2 is 2.20 bits per heavy atom. The molecule has 0 atom stereocenters. The van der Waals surface area contributed by atoms with E-state index in [1.807, 2.05) is 18.0 Å². The molecular weight excluding hydrogens is 384 g/mol. The van der Waals surface area contributed by atoms with E-state index in [1.165, 1.54) is 13.3 Å². The van der Waals surface area contributed by atoms with Gasteiger partial charge < -0.3 is 24.8 Å². The van der Waals surface area contributed by atoms with Gasteiger partial charge in [0.1, 0.15) is 5.69 Å². The molecule has 1 fully saturated rings. The zero-order valence-electron chi connectivity index (χ0n) is 17.8. The van der Waals surface area contributed by atoms with E-state index in [0.717, 1.165) is 5.56 Å². The Hall–Kier alpha value is -3.20. The first-order valence-corrected chi connectivity index (χ1v) is 9.90. The molecule has 1 amide bonds. The second kappa shape index (κ2) is 9.53. The maximum Gasteiger partial charge on any atom is 0.271 e. The molecule has 3 heterocycles. The number of rotatable bonds is 8. The largest absolute Gasteiger partial charge is 0.480 e. The second-order valence-electron chi connectivity index (χ2n) is 7.52. The number of nitrogens with zero attached hydrogens (tertiary/aromatic N) is 4. The molecule has 0 bridgehead atoms. The Morgan fingerprint density at radius 1 is 1.43 bits per heavy atom. The smallest absolute Gasteiger partial charge is 0.271 e. The van der Waals surface area contributed by atoms with E-state index in [9.17, 15) is 9.59 Å². The van der Waals surface area contributed by atoms with Gasteiger partial charge in [0.05, 0.1) is 31.2 Å². The topological polar surface area (TPSA) is 103 Å². The molecule has 1 aliphatic rings. The summed E-state index contributed by atoms with van der Waals surface area (Å²) in [4.78, 5) is 39.5. The van der Waals surface area contributed by atoms with Gasteiger partial charge in [0.2, 0.25) is 11.8 Å². The minimum Gasteiger partial charge on any atom is -0.480 e. The van der Waals surface area contributed by atoms with Gasteiger partial charge in [-0.25, -0.2) is 4.98 Å². The fourth-order valence-electron chi connectivity index (χ4n) is 3.11. The van der Waals surface area contributed by atoms with E-state index in [1.54, 1.807) is 29.4 Å². The van der Waals surface area contributed by atoms with Crippen LogP contribution in [0.15, 0.2) is 41.6 Å². The summed E-state index contributed by atoms with van der Waals surface area (Å²) < 4.78 is 5.12. The standard InChI is InChI=1S/C21H28N6O3/c1-14(2)23-7-5-6-20(28)27-12-16(13-27)26(3)18-8-15(9-24-21(18)29)17-10-22-11-19(25-17)30-4/h5-6,8-11,14,16,23H,7,12-13H2,1-4H3,(H,24,29). The number of amides is 1. The van der Waals surface area contributed by atoms with Crippen molar-refractivity contribution in [2.24, 2.45) is 0 Å². The van der Waals surface area contributed by atoms with Crippen LogP contribution in [-0.4, -0.2) is 71.6 Å². The lowest BCUT2D eigenvalue weighted by Crippen LogP contribution is -2.60. The number of carbonyl (C=O) groups excluding carboxylic acids is 1. The molecule has 1 aliphatic heterocycles. The number of aromatic nitrogens is 3. The third-order valence-corrected chi connectivity index (χ3v) is 5.01. The van der Waals surface area contributed by atoms with Gasteiger partial charge in [-0.2, -0.15) is 0 Å². The van der Waals surface area contributed by atoms with Gasteiger partial charge in [-0.3, -0.25) is 14.6 Å². The maximum atomic E-state index is 12.4. The average Bonchev–Trinajstić information content (AvgIpc) is 2.70. The van der Waals surface area contributed by atoms with E-state index < -0.39 is 0 Å². The number of likely N-dealkylation sites (N-methyl/N-ethyl adjacent to an activating group) is 1. The highest BCUT2D eigenvalue weighted by atomic mass is 16.5. The molecule has 0 spiro atoms. The Morgan fingerprint density at radius 3 is 2.90 bits per heavy atom. The summed E-state index contributed by atoms with van der Waals surface area (Å²) in [5, 5.41) is 3.24. The summed E-state index contributed by atoms with van der Waals surface area (Å²) in [6.45, 7) is 5.92. The minimum atomic E-state index is -0.193. The van der Waals surface area contributed by atoms with E-state index in [0.29, 0.717) is 42.9 Å². The van der Waals surface area contributed by atoms with Gasteiger partial charge in [-0.05, 0) is 6.07 Å². The molecule has 9 nitrogen and oxygen atoms in total. The van der Waals surface area contributed by atoms with Gasteiger partial charge in [0.25, 0.3) is 5.56 Å². The molecule has 0 saturated carbocycles. The number of hydrogen-bond acceptors (Lipinski definition) is 7. The number of pyridine rings is 1. The van der Waals surface area contributed by atoms with E-state index in [4.69, 9.17) is 4.74 Å². The molecule has 9 heteroatoms. The zero-order chi connectivity index (χ0) is 21.7. The van der Waals surface area contributed by atoms with Crippen molar-refractivity contribution in [1.29, 1.82) is 0 Å². The summed E-state index contributed by atoms with van der Waals surface area (Å²) in [6, 6.07) is 2.23. The highest BCUT2D eigenvalue weighted by molar-refractivity contribution is 5.88. The quantitative estimate of drug-likeness (QED) is 0.625. The number of ether oxygens (including phenoxy) is 1. The molecule has 2 aromatic heterocycles. The van der Waals surface area contributed by atoms with Crippen LogP contribution in [0, 0.1) is 0 Å². The molecule has 2 aromatic rings. The highest BCUT2D eigenvalue weighted by Gasteiger charge is 2.33. The second-order valence-corrected chi connectivity index (χ2v) is 7.52. The van der Waals surface area contributed by atoms with E-state index in [-0.39, 0.29) is 17.5 Å². The van der Waals surface area contributed by atoms with Gasteiger partial charge >= 0.3 is 0 Å². The van der Waals surface area contributed by atoms with Gasteiger partial charge in [-0.1, -0.05) is 19.9 Å². The number of likely N-dealkylation sites (tertiary alicyclic amines) is 1. The van der Waals surface area contributed by atoms with Gasteiger partial charge in [-0.15, -0.1) is 0 Å². The van der Waals surface area contributed by atoms with Crippen LogP contribution in [0.2, 0.25) is 0 Å². The van der Waals surface area contributed by atoms with Gasteiger partial charge in [0, 0.05) is 50.6 Å². The lowest BCUT2D eigenvalue weighted by Gasteiger charge is -2.44. The van der Waals surface area contributed by atoms with Crippen LogP contribution in [0.1, 0.15) is 13.8 Å². The van der Waals surface area contributed by atoms with Crippen LogP contribution >= 0.6 is 0 Å². The Balaban J connectivity index is 1.64. The number of aromatic amines is 1. The van der Waals surface area contributed by atoms with Crippen LogP contribution in [0.5, 0.6) is 5.88 Å². The Bertz CT molecular complexity index is 965. The van der Waals surface area contributed by atoms with E-state index >= 15 is 0 Å². The third kappa shape index (κ3) is 5.04. The number of H-pyrrole nitrogens is 1. The van der Waals surface area contributed by atoms with Crippen LogP contribution in [-0.2, 0) is 4.79 Å². The number of hydrogen-bond donors (Lipinski definition) is 2. The van der Waals surface area contributed by atoms with Crippen molar-refractivity contribution in [2.75, 3.05) is 38.7 Å². The first-order valence-electron chi connectivity index (χ1n) is 9.90. The van der Waals surface area contributed by atoms with Crippen molar-refractivity contribution >= 4 is 11.6 Å². The molecule has 0 aliphatic carbocycles. The molecule has 30 heavy (non-hydrogen) atoms. The Labute approximate surface area is 175 Å². The predicted molar refractivity (Wildman–Crippen MR) is 116 cm³/mol. The van der Waals surface area contributed by atoms with Crippen LogP contribution in [0.4, 0.5) is 5.69 Å². The van der Waals surface area contributed by atoms with Crippen LogP contribution < -0.4 is 20.5 Å².